The highest BCUT2D eigenvalue weighted by Crippen LogP contribution is 1.97. The zero-order chi connectivity index (χ0) is 16.3. The van der Waals surface area contributed by atoms with E-state index in [-0.39, 0.29) is 25.5 Å². The first kappa shape index (κ1) is 15.4. The molecule has 0 radical (unpaired) electrons. The molecule has 0 atom stereocenters. The van der Waals surface area contributed by atoms with Gasteiger partial charge in [-0.1, -0.05) is 12.2 Å². The van der Waals surface area contributed by atoms with Crippen LogP contribution in [0.15, 0.2) is 44.1 Å². The molecule has 9 heteroatoms. The topological polar surface area (TPSA) is 105 Å². The highest BCUT2D eigenvalue weighted by molar-refractivity contribution is 4.88. The van der Waals surface area contributed by atoms with E-state index in [0.717, 1.165) is 13.7 Å². The van der Waals surface area contributed by atoms with E-state index >= 15 is 0 Å². The molecule has 2 aromatic rings. The van der Waals surface area contributed by atoms with E-state index < -0.39 is 17.1 Å². The van der Waals surface area contributed by atoms with Gasteiger partial charge in [0.15, 0.2) is 0 Å². The van der Waals surface area contributed by atoms with Crippen molar-refractivity contribution in [2.24, 2.45) is 0 Å². The lowest BCUT2D eigenvalue weighted by atomic mass is 10.5. The van der Waals surface area contributed by atoms with E-state index in [2.05, 4.69) is 23.4 Å². The van der Waals surface area contributed by atoms with Crippen molar-refractivity contribution in [2.75, 3.05) is 0 Å². The van der Waals surface area contributed by atoms with Gasteiger partial charge in [0.05, 0.1) is 13.1 Å². The average Bonchev–Trinajstić information content (AvgIpc) is 2.90. The van der Waals surface area contributed by atoms with Gasteiger partial charge >= 0.3 is 17.1 Å². The number of nitrogens with zero attached hydrogens (tertiary/aromatic N) is 5. The molecule has 9 nitrogen and oxygen atoms in total. The molecule has 0 aromatic carbocycles. The Hall–Kier alpha value is -2.97. The summed E-state index contributed by atoms with van der Waals surface area (Å²) in [5.74, 6) is 0.416. The summed E-state index contributed by atoms with van der Waals surface area (Å²) < 4.78 is 7.84. The maximum absolute atomic E-state index is 12.3. The predicted octanol–water partition coefficient (Wildman–Crippen LogP) is -0.717. The smallest absolute Gasteiger partial charge is 0.337 e. The lowest BCUT2D eigenvalue weighted by Crippen LogP contribution is -2.54. The van der Waals surface area contributed by atoms with Gasteiger partial charge < -0.3 is 4.42 Å². The molecule has 0 unspecified atom stereocenters. The number of aryl methyl sites for hydroxylation is 1. The second kappa shape index (κ2) is 6.20. The minimum Gasteiger partial charge on any atom is -0.424 e. The first-order valence-corrected chi connectivity index (χ1v) is 6.44. The van der Waals surface area contributed by atoms with Crippen LogP contribution >= 0.6 is 0 Å². The summed E-state index contributed by atoms with van der Waals surface area (Å²) in [5.41, 5.74) is -2.23. The average molecular weight is 305 g/mol. The van der Waals surface area contributed by atoms with Crippen molar-refractivity contribution in [2.45, 2.75) is 26.6 Å². The maximum Gasteiger partial charge on any atom is 0.337 e. The summed E-state index contributed by atoms with van der Waals surface area (Å²) in [6.45, 7) is 8.34. The highest BCUT2D eigenvalue weighted by atomic mass is 16.4. The normalized spacial score (nSPS) is 10.6. The molecule has 0 saturated carbocycles. The van der Waals surface area contributed by atoms with Crippen LogP contribution in [0, 0.1) is 6.92 Å². The maximum atomic E-state index is 12.3. The largest absolute Gasteiger partial charge is 0.424 e. The molecule has 2 aromatic heterocycles. The Morgan fingerprint density at radius 3 is 1.86 bits per heavy atom. The Balaban J connectivity index is 2.68. The molecule has 0 spiro atoms. The van der Waals surface area contributed by atoms with Crippen LogP contribution in [0.1, 0.15) is 11.8 Å². The van der Waals surface area contributed by atoms with Crippen LogP contribution in [0.2, 0.25) is 0 Å². The van der Waals surface area contributed by atoms with Crippen LogP contribution in [-0.2, 0) is 19.6 Å². The zero-order valence-corrected chi connectivity index (χ0v) is 12.1. The fourth-order valence-electron chi connectivity index (χ4n) is 1.93. The molecule has 0 bridgehead atoms. The van der Waals surface area contributed by atoms with E-state index in [1.165, 1.54) is 12.2 Å². The molecule has 22 heavy (non-hydrogen) atoms. The molecule has 0 aliphatic carbocycles. The van der Waals surface area contributed by atoms with Crippen molar-refractivity contribution in [1.82, 2.24) is 23.9 Å². The van der Waals surface area contributed by atoms with Crippen LogP contribution in [-0.4, -0.2) is 23.9 Å². The molecule has 0 N–H and O–H groups in total. The van der Waals surface area contributed by atoms with Gasteiger partial charge in [-0.15, -0.1) is 23.4 Å². The second-order valence-electron chi connectivity index (χ2n) is 4.45. The number of hydrogen-bond donors (Lipinski definition) is 0. The van der Waals surface area contributed by atoms with Gasteiger partial charge in [0.2, 0.25) is 11.8 Å². The van der Waals surface area contributed by atoms with Crippen LogP contribution < -0.4 is 17.1 Å². The minimum absolute atomic E-state index is 0.0159. The third kappa shape index (κ3) is 2.73. The Labute approximate surface area is 124 Å². The first-order valence-electron chi connectivity index (χ1n) is 6.44. The van der Waals surface area contributed by atoms with Crippen LogP contribution in [0.5, 0.6) is 0 Å². The summed E-state index contributed by atoms with van der Waals surface area (Å²) in [5, 5.41) is 7.38. The number of allylic oxidation sites excluding steroid dienone is 2. The summed E-state index contributed by atoms with van der Waals surface area (Å²) in [6, 6.07) is 0. The van der Waals surface area contributed by atoms with Gasteiger partial charge in [0.1, 0.15) is 6.54 Å². The SMILES string of the molecule is C=CCn1c(=O)n(CC=C)c(=O)n(Cc2nnc(C)o2)c1=O. The Morgan fingerprint density at radius 1 is 0.955 bits per heavy atom. The van der Waals surface area contributed by atoms with Crippen molar-refractivity contribution < 1.29 is 4.42 Å². The number of aromatic nitrogens is 5. The highest BCUT2D eigenvalue weighted by Gasteiger charge is 2.16. The third-order valence-electron chi connectivity index (χ3n) is 2.87. The molecule has 0 amide bonds. The van der Waals surface area contributed by atoms with E-state index in [0.29, 0.717) is 5.89 Å². The van der Waals surface area contributed by atoms with Crippen molar-refractivity contribution in [3.63, 3.8) is 0 Å². The summed E-state index contributed by atoms with van der Waals surface area (Å²) in [7, 11) is 0. The molecule has 0 saturated heterocycles. The summed E-state index contributed by atoms with van der Waals surface area (Å²) >= 11 is 0. The molecular formula is C13H15N5O4. The lowest BCUT2D eigenvalue weighted by molar-refractivity contribution is 0.423. The van der Waals surface area contributed by atoms with Gasteiger partial charge in [-0.3, -0.25) is 0 Å². The summed E-state index contributed by atoms with van der Waals surface area (Å²) in [6.07, 6.45) is 2.79. The Bertz CT molecular complexity index is 835. The molecule has 0 aliphatic rings. The molecule has 2 rings (SSSR count). The van der Waals surface area contributed by atoms with Crippen LogP contribution in [0.3, 0.4) is 0 Å². The fourth-order valence-corrected chi connectivity index (χ4v) is 1.93. The summed E-state index contributed by atoms with van der Waals surface area (Å²) in [4.78, 5) is 36.8. The fraction of sp³-hybridized carbons (Fsp3) is 0.308. The molecule has 0 fully saturated rings. The van der Waals surface area contributed by atoms with Gasteiger partial charge in [-0.25, -0.2) is 28.1 Å². The molecular weight excluding hydrogens is 290 g/mol. The predicted molar refractivity (Wildman–Crippen MR) is 77.8 cm³/mol. The second-order valence-corrected chi connectivity index (χ2v) is 4.45. The third-order valence-corrected chi connectivity index (χ3v) is 2.87. The van der Waals surface area contributed by atoms with Crippen molar-refractivity contribution in [3.8, 4) is 0 Å². The van der Waals surface area contributed by atoms with Gasteiger partial charge in [0.25, 0.3) is 0 Å². The van der Waals surface area contributed by atoms with Crippen molar-refractivity contribution >= 4 is 0 Å². The Morgan fingerprint density at radius 2 is 1.45 bits per heavy atom. The molecule has 0 aliphatic heterocycles. The first-order chi connectivity index (χ1) is 10.5. The minimum atomic E-state index is -0.758. The van der Waals surface area contributed by atoms with Crippen molar-refractivity contribution in [3.05, 3.63) is 68.5 Å². The monoisotopic (exact) mass is 305 g/mol. The molecule has 2 heterocycles. The van der Waals surface area contributed by atoms with Crippen LogP contribution in [0.4, 0.5) is 0 Å². The number of hydrogen-bond acceptors (Lipinski definition) is 6. The van der Waals surface area contributed by atoms with E-state index in [1.54, 1.807) is 6.92 Å². The van der Waals surface area contributed by atoms with Gasteiger partial charge in [-0.05, 0) is 0 Å². The lowest BCUT2D eigenvalue weighted by Gasteiger charge is -2.10. The Kier molecular flexibility index (Phi) is 4.35. The van der Waals surface area contributed by atoms with E-state index in [9.17, 15) is 14.4 Å². The standard InChI is InChI=1S/C13H15N5O4/c1-4-6-16-11(19)17(7-5-2)13(21)18(12(16)20)8-10-15-14-9(3)22-10/h4-5H,1-2,6-8H2,3H3. The zero-order valence-electron chi connectivity index (χ0n) is 12.1. The van der Waals surface area contributed by atoms with Gasteiger partial charge in [-0.2, -0.15) is 0 Å². The molecule has 116 valence electrons. The van der Waals surface area contributed by atoms with Crippen LogP contribution in [0.25, 0.3) is 0 Å². The quantitative estimate of drug-likeness (QED) is 0.652. The van der Waals surface area contributed by atoms with Gasteiger partial charge in [0, 0.05) is 6.92 Å². The van der Waals surface area contributed by atoms with E-state index in [1.807, 2.05) is 0 Å². The number of rotatable bonds is 6. The van der Waals surface area contributed by atoms with E-state index in [4.69, 9.17) is 4.42 Å². The van der Waals surface area contributed by atoms with Crippen molar-refractivity contribution in [1.29, 1.82) is 0 Å².